The fourth-order valence-corrected chi connectivity index (χ4v) is 2.47. The van der Waals surface area contributed by atoms with Crippen molar-refractivity contribution in [2.45, 2.75) is 19.4 Å². The van der Waals surface area contributed by atoms with Crippen LogP contribution in [0.2, 0.25) is 0 Å². The highest BCUT2D eigenvalue weighted by Crippen LogP contribution is 2.30. The van der Waals surface area contributed by atoms with Crippen molar-refractivity contribution in [3.63, 3.8) is 0 Å². The van der Waals surface area contributed by atoms with Crippen molar-refractivity contribution in [2.75, 3.05) is 0 Å². The Kier molecular flexibility index (Phi) is 3.59. The van der Waals surface area contributed by atoms with Gasteiger partial charge in [0.05, 0.1) is 17.1 Å². The second-order valence-electron chi connectivity index (χ2n) is 4.96. The van der Waals surface area contributed by atoms with Crippen LogP contribution in [0.5, 0.6) is 0 Å². The lowest BCUT2D eigenvalue weighted by Gasteiger charge is -2.13. The molecule has 1 heterocycles. The number of rotatable bonds is 3. The number of fused-ring (bicyclic) bond motifs is 1. The maximum absolute atomic E-state index is 12.7. The summed E-state index contributed by atoms with van der Waals surface area (Å²) in [7, 11) is 0. The molecule has 0 amide bonds. The van der Waals surface area contributed by atoms with Crippen LogP contribution in [0.4, 0.5) is 0 Å². The molecule has 2 aromatic carbocycles. The molecule has 0 saturated carbocycles. The molecule has 3 rings (SSSR count). The smallest absolute Gasteiger partial charge is 0.199 e. The molecule has 0 aliphatic rings. The third kappa shape index (κ3) is 2.36. The SMILES string of the molecule is CCC(O)c1c(-c2ccccc2)oc2ccccc2c1=O. The second-order valence-corrected chi connectivity index (χ2v) is 4.96. The number of hydrogen-bond donors (Lipinski definition) is 1. The molecule has 3 heteroatoms. The second kappa shape index (κ2) is 5.54. The Bertz CT molecular complexity index is 819. The number of hydrogen-bond acceptors (Lipinski definition) is 3. The van der Waals surface area contributed by atoms with E-state index in [4.69, 9.17) is 4.42 Å². The van der Waals surface area contributed by atoms with Crippen molar-refractivity contribution in [3.05, 3.63) is 70.4 Å². The average molecular weight is 280 g/mol. The van der Waals surface area contributed by atoms with Crippen LogP contribution in [0.15, 0.2) is 63.8 Å². The highest BCUT2D eigenvalue weighted by molar-refractivity contribution is 5.80. The standard InChI is InChI=1S/C18H16O3/c1-2-14(19)16-17(20)13-10-6-7-11-15(13)21-18(16)12-8-4-3-5-9-12/h3-11,14,19H,2H2,1H3. The summed E-state index contributed by atoms with van der Waals surface area (Å²) >= 11 is 0. The Morgan fingerprint density at radius 3 is 2.43 bits per heavy atom. The van der Waals surface area contributed by atoms with Gasteiger partial charge in [0.15, 0.2) is 5.43 Å². The molecule has 0 aliphatic heterocycles. The summed E-state index contributed by atoms with van der Waals surface area (Å²) in [6.45, 7) is 1.84. The first-order chi connectivity index (χ1) is 10.2. The van der Waals surface area contributed by atoms with E-state index in [-0.39, 0.29) is 5.43 Å². The molecule has 0 fully saturated rings. The fourth-order valence-electron chi connectivity index (χ4n) is 2.47. The van der Waals surface area contributed by atoms with Crippen LogP contribution in [0, 0.1) is 0 Å². The first-order valence-corrected chi connectivity index (χ1v) is 7.01. The lowest BCUT2D eigenvalue weighted by molar-refractivity contribution is 0.171. The van der Waals surface area contributed by atoms with E-state index >= 15 is 0 Å². The van der Waals surface area contributed by atoms with Gasteiger partial charge in [-0.2, -0.15) is 0 Å². The maximum atomic E-state index is 12.7. The molecule has 1 N–H and O–H groups in total. The van der Waals surface area contributed by atoms with Gasteiger partial charge in [-0.3, -0.25) is 4.79 Å². The van der Waals surface area contributed by atoms with Gasteiger partial charge in [0.1, 0.15) is 11.3 Å². The van der Waals surface area contributed by atoms with Crippen molar-refractivity contribution in [2.24, 2.45) is 0 Å². The predicted molar refractivity (Wildman–Crippen MR) is 83.2 cm³/mol. The molecule has 21 heavy (non-hydrogen) atoms. The highest BCUT2D eigenvalue weighted by atomic mass is 16.3. The molecule has 0 radical (unpaired) electrons. The van der Waals surface area contributed by atoms with E-state index in [1.807, 2.05) is 43.3 Å². The van der Waals surface area contributed by atoms with Crippen LogP contribution < -0.4 is 5.43 Å². The Balaban J connectivity index is 2.39. The van der Waals surface area contributed by atoms with E-state index in [9.17, 15) is 9.90 Å². The van der Waals surface area contributed by atoms with Crippen molar-refractivity contribution in [1.29, 1.82) is 0 Å². The van der Waals surface area contributed by atoms with Gasteiger partial charge in [0.2, 0.25) is 0 Å². The topological polar surface area (TPSA) is 50.4 Å². The van der Waals surface area contributed by atoms with Crippen molar-refractivity contribution >= 4 is 11.0 Å². The van der Waals surface area contributed by atoms with Gasteiger partial charge in [-0.15, -0.1) is 0 Å². The summed E-state index contributed by atoms with van der Waals surface area (Å²) in [5.41, 5.74) is 1.50. The minimum atomic E-state index is -0.832. The van der Waals surface area contributed by atoms with Crippen LogP contribution in [0.3, 0.4) is 0 Å². The van der Waals surface area contributed by atoms with Gasteiger partial charge in [-0.25, -0.2) is 0 Å². The van der Waals surface area contributed by atoms with Gasteiger partial charge in [-0.1, -0.05) is 49.4 Å². The zero-order chi connectivity index (χ0) is 14.8. The van der Waals surface area contributed by atoms with Crippen molar-refractivity contribution in [3.8, 4) is 11.3 Å². The van der Waals surface area contributed by atoms with Crippen LogP contribution in [0.25, 0.3) is 22.3 Å². The Labute approximate surface area is 122 Å². The van der Waals surface area contributed by atoms with Gasteiger partial charge < -0.3 is 9.52 Å². The van der Waals surface area contributed by atoms with Crippen molar-refractivity contribution < 1.29 is 9.52 Å². The van der Waals surface area contributed by atoms with Gasteiger partial charge in [-0.05, 0) is 18.6 Å². The summed E-state index contributed by atoms with van der Waals surface area (Å²) in [4.78, 5) is 12.7. The molecular formula is C18H16O3. The third-order valence-electron chi connectivity index (χ3n) is 3.59. The normalized spacial score (nSPS) is 12.5. The van der Waals surface area contributed by atoms with E-state index in [0.717, 1.165) is 5.56 Å². The molecule has 106 valence electrons. The number of aliphatic hydroxyl groups is 1. The number of benzene rings is 2. The molecule has 0 bridgehead atoms. The average Bonchev–Trinajstić information content (AvgIpc) is 2.55. The van der Waals surface area contributed by atoms with E-state index in [1.165, 1.54) is 0 Å². The Morgan fingerprint density at radius 2 is 1.71 bits per heavy atom. The Hall–Kier alpha value is -2.39. The monoisotopic (exact) mass is 280 g/mol. The lowest BCUT2D eigenvalue weighted by atomic mass is 9.99. The third-order valence-corrected chi connectivity index (χ3v) is 3.59. The number of aliphatic hydroxyl groups excluding tert-OH is 1. The molecule has 3 aromatic rings. The van der Waals surface area contributed by atoms with Crippen LogP contribution >= 0.6 is 0 Å². The van der Waals surface area contributed by atoms with E-state index in [1.54, 1.807) is 18.2 Å². The Morgan fingerprint density at radius 1 is 1.05 bits per heavy atom. The van der Waals surface area contributed by atoms with Gasteiger partial charge in [0.25, 0.3) is 0 Å². The molecule has 0 spiro atoms. The fraction of sp³-hybridized carbons (Fsp3) is 0.167. The van der Waals surface area contributed by atoms with E-state index < -0.39 is 6.10 Å². The molecule has 1 unspecified atom stereocenters. The summed E-state index contributed by atoms with van der Waals surface area (Å²) in [5, 5.41) is 10.8. The zero-order valence-electron chi connectivity index (χ0n) is 11.7. The molecular weight excluding hydrogens is 264 g/mol. The van der Waals surface area contributed by atoms with Crippen LogP contribution in [0.1, 0.15) is 25.0 Å². The molecule has 1 aromatic heterocycles. The van der Waals surface area contributed by atoms with E-state index in [2.05, 4.69) is 0 Å². The summed E-state index contributed by atoms with van der Waals surface area (Å²) < 4.78 is 5.92. The molecule has 0 aliphatic carbocycles. The quantitative estimate of drug-likeness (QED) is 0.791. The summed E-state index contributed by atoms with van der Waals surface area (Å²) in [6.07, 6.45) is -0.371. The number of para-hydroxylation sites is 1. The zero-order valence-corrected chi connectivity index (χ0v) is 11.7. The summed E-state index contributed by atoms with van der Waals surface area (Å²) in [6, 6.07) is 16.5. The lowest BCUT2D eigenvalue weighted by Crippen LogP contribution is -2.15. The minimum Gasteiger partial charge on any atom is -0.455 e. The minimum absolute atomic E-state index is 0.162. The largest absolute Gasteiger partial charge is 0.455 e. The van der Waals surface area contributed by atoms with Gasteiger partial charge in [0, 0.05) is 5.56 Å². The molecule has 1 atom stereocenters. The maximum Gasteiger partial charge on any atom is 0.199 e. The first-order valence-electron chi connectivity index (χ1n) is 7.01. The molecule has 3 nitrogen and oxygen atoms in total. The van der Waals surface area contributed by atoms with Crippen LogP contribution in [-0.4, -0.2) is 5.11 Å². The summed E-state index contributed by atoms with van der Waals surface area (Å²) in [5.74, 6) is 0.452. The van der Waals surface area contributed by atoms with Gasteiger partial charge >= 0.3 is 0 Å². The van der Waals surface area contributed by atoms with Crippen LogP contribution in [-0.2, 0) is 0 Å². The predicted octanol–water partition coefficient (Wildman–Crippen LogP) is 3.90. The van der Waals surface area contributed by atoms with Crippen molar-refractivity contribution in [1.82, 2.24) is 0 Å². The first kappa shape index (κ1) is 13.6. The van der Waals surface area contributed by atoms with E-state index in [0.29, 0.717) is 28.7 Å². The molecule has 0 saturated heterocycles. The highest BCUT2D eigenvalue weighted by Gasteiger charge is 2.20.